The minimum Gasteiger partial charge on any atom is -0.496 e. The quantitative estimate of drug-likeness (QED) is 0.845. The minimum atomic E-state index is -0.401. The average molecular weight is 389 g/mol. The predicted molar refractivity (Wildman–Crippen MR) is 80.8 cm³/mol. The summed E-state index contributed by atoms with van der Waals surface area (Å²) in [4.78, 5) is 0. The first kappa shape index (κ1) is 14.5. The van der Waals surface area contributed by atoms with Crippen LogP contribution in [0.5, 0.6) is 5.75 Å². The van der Waals surface area contributed by atoms with Crippen molar-refractivity contribution in [2.45, 2.75) is 6.04 Å². The van der Waals surface area contributed by atoms with Crippen LogP contribution in [0.4, 0.5) is 4.39 Å². The monoisotopic (exact) mass is 387 g/mol. The molecule has 0 bridgehead atoms. The number of hydrogen-bond acceptors (Lipinski definition) is 2. The molecule has 100 valence electrons. The highest BCUT2D eigenvalue weighted by molar-refractivity contribution is 9.10. The van der Waals surface area contributed by atoms with E-state index >= 15 is 0 Å². The normalized spacial score (nSPS) is 12.3. The van der Waals surface area contributed by atoms with Gasteiger partial charge in [0, 0.05) is 14.5 Å². The summed E-state index contributed by atoms with van der Waals surface area (Å²) in [6, 6.07) is 9.70. The zero-order chi connectivity index (χ0) is 14.0. The number of methoxy groups -OCH3 is 1. The lowest BCUT2D eigenvalue weighted by molar-refractivity contribution is 0.407. The Morgan fingerprint density at radius 1 is 1.11 bits per heavy atom. The van der Waals surface area contributed by atoms with Gasteiger partial charge in [-0.25, -0.2) is 4.39 Å². The lowest BCUT2D eigenvalue weighted by Crippen LogP contribution is -2.14. The van der Waals surface area contributed by atoms with Crippen LogP contribution in [0, 0.1) is 5.82 Å². The summed E-state index contributed by atoms with van der Waals surface area (Å²) in [7, 11) is 1.60. The van der Waals surface area contributed by atoms with E-state index < -0.39 is 6.04 Å². The fourth-order valence-electron chi connectivity index (χ4n) is 1.87. The molecule has 0 spiro atoms. The van der Waals surface area contributed by atoms with Gasteiger partial charge in [0.25, 0.3) is 0 Å². The number of ether oxygens (including phenoxy) is 1. The molecule has 0 heterocycles. The lowest BCUT2D eigenvalue weighted by atomic mass is 9.99. The van der Waals surface area contributed by atoms with E-state index in [9.17, 15) is 4.39 Å². The standard InChI is InChI=1S/C14H12Br2FNO/c1-19-13-5-2-8(15)6-11(13)14(18)10-4-3-9(17)7-12(10)16/h2-7,14H,18H2,1H3. The average Bonchev–Trinajstić information content (AvgIpc) is 2.38. The Balaban J connectivity index is 2.49. The van der Waals surface area contributed by atoms with Crippen LogP contribution in [0.3, 0.4) is 0 Å². The van der Waals surface area contributed by atoms with E-state index in [4.69, 9.17) is 10.5 Å². The van der Waals surface area contributed by atoms with E-state index in [0.717, 1.165) is 15.6 Å². The molecule has 0 aliphatic heterocycles. The fourth-order valence-corrected chi connectivity index (χ4v) is 2.85. The second kappa shape index (κ2) is 6.03. The minimum absolute atomic E-state index is 0.302. The molecular formula is C14H12Br2FNO. The predicted octanol–water partition coefficient (Wildman–Crippen LogP) is 4.41. The van der Waals surface area contributed by atoms with Crippen LogP contribution < -0.4 is 10.5 Å². The van der Waals surface area contributed by atoms with Gasteiger partial charge in [0.15, 0.2) is 0 Å². The zero-order valence-electron chi connectivity index (χ0n) is 10.2. The third-order valence-corrected chi connectivity index (χ3v) is 4.00. The van der Waals surface area contributed by atoms with Gasteiger partial charge in [-0.2, -0.15) is 0 Å². The highest BCUT2D eigenvalue weighted by Crippen LogP contribution is 2.34. The van der Waals surface area contributed by atoms with Crippen molar-refractivity contribution in [3.8, 4) is 5.75 Å². The van der Waals surface area contributed by atoms with Gasteiger partial charge >= 0.3 is 0 Å². The van der Waals surface area contributed by atoms with Gasteiger partial charge in [0.1, 0.15) is 11.6 Å². The van der Waals surface area contributed by atoms with Crippen LogP contribution in [-0.4, -0.2) is 7.11 Å². The molecule has 2 rings (SSSR count). The molecule has 0 radical (unpaired) electrons. The van der Waals surface area contributed by atoms with Crippen molar-refractivity contribution >= 4 is 31.9 Å². The molecule has 0 aliphatic rings. The Morgan fingerprint density at radius 3 is 2.47 bits per heavy atom. The van der Waals surface area contributed by atoms with Crippen LogP contribution in [-0.2, 0) is 0 Å². The summed E-state index contributed by atoms with van der Waals surface area (Å²) in [6.07, 6.45) is 0. The Labute approximate surface area is 128 Å². The number of rotatable bonds is 3. The van der Waals surface area contributed by atoms with Gasteiger partial charge in [-0.1, -0.05) is 37.9 Å². The number of halogens is 3. The molecule has 0 fully saturated rings. The highest BCUT2D eigenvalue weighted by atomic mass is 79.9. The van der Waals surface area contributed by atoms with E-state index in [0.29, 0.717) is 10.2 Å². The summed E-state index contributed by atoms with van der Waals surface area (Å²) >= 11 is 6.75. The van der Waals surface area contributed by atoms with Gasteiger partial charge < -0.3 is 10.5 Å². The van der Waals surface area contributed by atoms with Crippen molar-refractivity contribution in [3.63, 3.8) is 0 Å². The summed E-state index contributed by atoms with van der Waals surface area (Å²) in [6.45, 7) is 0. The summed E-state index contributed by atoms with van der Waals surface area (Å²) in [5.41, 5.74) is 7.90. The van der Waals surface area contributed by atoms with Crippen molar-refractivity contribution in [2.75, 3.05) is 7.11 Å². The van der Waals surface area contributed by atoms with E-state index in [1.807, 2.05) is 18.2 Å². The maximum atomic E-state index is 13.1. The summed E-state index contributed by atoms with van der Waals surface area (Å²) in [5.74, 6) is 0.399. The Hall–Kier alpha value is -0.910. The van der Waals surface area contributed by atoms with Crippen LogP contribution >= 0.6 is 31.9 Å². The number of nitrogens with two attached hydrogens (primary N) is 1. The smallest absolute Gasteiger partial charge is 0.124 e. The molecule has 2 N–H and O–H groups in total. The molecule has 1 atom stereocenters. The van der Waals surface area contributed by atoms with E-state index in [1.165, 1.54) is 12.1 Å². The molecule has 1 unspecified atom stereocenters. The second-order valence-electron chi connectivity index (χ2n) is 4.03. The van der Waals surface area contributed by atoms with Crippen LogP contribution in [0.2, 0.25) is 0 Å². The molecule has 2 aromatic rings. The molecule has 0 aromatic heterocycles. The van der Waals surface area contributed by atoms with Crippen molar-refractivity contribution in [2.24, 2.45) is 5.73 Å². The SMILES string of the molecule is COc1ccc(Br)cc1C(N)c1ccc(F)cc1Br. The second-order valence-corrected chi connectivity index (χ2v) is 5.80. The summed E-state index contributed by atoms with van der Waals surface area (Å²) < 4.78 is 20.0. The Kier molecular flexibility index (Phi) is 4.60. The zero-order valence-corrected chi connectivity index (χ0v) is 13.3. The molecule has 2 nitrogen and oxygen atoms in total. The van der Waals surface area contributed by atoms with Crippen molar-refractivity contribution in [1.82, 2.24) is 0 Å². The Morgan fingerprint density at radius 2 is 1.84 bits per heavy atom. The molecular weight excluding hydrogens is 377 g/mol. The van der Waals surface area contributed by atoms with Gasteiger partial charge in [0.2, 0.25) is 0 Å². The van der Waals surface area contributed by atoms with Gasteiger partial charge in [-0.3, -0.25) is 0 Å². The molecule has 0 saturated heterocycles. The highest BCUT2D eigenvalue weighted by Gasteiger charge is 2.17. The van der Waals surface area contributed by atoms with E-state index in [1.54, 1.807) is 13.2 Å². The first-order chi connectivity index (χ1) is 9.02. The van der Waals surface area contributed by atoms with Crippen LogP contribution in [0.1, 0.15) is 17.2 Å². The molecule has 0 aliphatic carbocycles. The first-order valence-electron chi connectivity index (χ1n) is 5.57. The molecule has 0 amide bonds. The topological polar surface area (TPSA) is 35.2 Å². The lowest BCUT2D eigenvalue weighted by Gasteiger charge is -2.18. The van der Waals surface area contributed by atoms with Gasteiger partial charge in [-0.05, 0) is 35.9 Å². The molecule has 19 heavy (non-hydrogen) atoms. The van der Waals surface area contributed by atoms with Crippen molar-refractivity contribution < 1.29 is 9.13 Å². The third kappa shape index (κ3) is 3.16. The fraction of sp³-hybridized carbons (Fsp3) is 0.143. The maximum absolute atomic E-state index is 13.1. The first-order valence-corrected chi connectivity index (χ1v) is 7.15. The van der Waals surface area contributed by atoms with Crippen LogP contribution in [0.15, 0.2) is 45.3 Å². The van der Waals surface area contributed by atoms with Gasteiger partial charge in [-0.15, -0.1) is 0 Å². The molecule has 5 heteroatoms. The summed E-state index contributed by atoms with van der Waals surface area (Å²) in [5, 5.41) is 0. The van der Waals surface area contributed by atoms with E-state index in [-0.39, 0.29) is 5.82 Å². The number of benzene rings is 2. The van der Waals surface area contributed by atoms with Gasteiger partial charge in [0.05, 0.1) is 13.2 Å². The molecule has 2 aromatic carbocycles. The molecule has 0 saturated carbocycles. The third-order valence-electron chi connectivity index (χ3n) is 2.82. The van der Waals surface area contributed by atoms with Crippen molar-refractivity contribution in [1.29, 1.82) is 0 Å². The Bertz CT molecular complexity index is 604. The maximum Gasteiger partial charge on any atom is 0.124 e. The van der Waals surface area contributed by atoms with Crippen molar-refractivity contribution in [3.05, 3.63) is 62.3 Å². The number of hydrogen-bond donors (Lipinski definition) is 1. The van der Waals surface area contributed by atoms with E-state index in [2.05, 4.69) is 31.9 Å². The largest absolute Gasteiger partial charge is 0.496 e. The van der Waals surface area contributed by atoms with Crippen LogP contribution in [0.25, 0.3) is 0 Å².